The van der Waals surface area contributed by atoms with Crippen LogP contribution in [0.5, 0.6) is 0 Å². The fourth-order valence-electron chi connectivity index (χ4n) is 22.9. The minimum atomic E-state index is -3.13. The Bertz CT molecular complexity index is 5590. The molecule has 5 aliphatic heterocycles. The molecule has 8 aromatic carbocycles. The van der Waals surface area contributed by atoms with Crippen molar-refractivity contribution in [3.05, 3.63) is 239 Å². The highest BCUT2D eigenvalue weighted by Gasteiger charge is 2.69. The van der Waals surface area contributed by atoms with Crippen LogP contribution in [0.4, 0.5) is 80.6 Å². The van der Waals surface area contributed by atoms with Crippen LogP contribution < -0.4 is 85.1 Å². The Balaban J connectivity index is 0.966. The van der Waals surface area contributed by atoms with E-state index in [4.69, 9.17) is 37.9 Å². The smallest absolute Gasteiger partial charge is 0.338 e. The number of esters is 8. The van der Waals surface area contributed by atoms with Gasteiger partial charge in [0.2, 0.25) is 0 Å². The Morgan fingerprint density at radius 2 is 0.319 bits per heavy atom. The van der Waals surface area contributed by atoms with E-state index in [2.05, 4.69) is 85.1 Å². The van der Waals surface area contributed by atoms with E-state index in [-0.39, 0.29) is 131 Å². The average molecular weight is 2000 g/mol. The summed E-state index contributed by atoms with van der Waals surface area (Å²) in [4.78, 5) is 114. The molecule has 32 atom stereocenters. The minimum absolute atomic E-state index is 0.0171. The van der Waals surface area contributed by atoms with Crippen LogP contribution in [0.1, 0.15) is 138 Å². The lowest BCUT2D eigenvalue weighted by Crippen LogP contribution is -2.72. The van der Waals surface area contributed by atoms with Gasteiger partial charge >= 0.3 is 47.8 Å². The predicted molar refractivity (Wildman–Crippen MR) is 521 cm³/mol. The zero-order chi connectivity index (χ0) is 102. The first-order valence-corrected chi connectivity index (χ1v) is 49.1. The van der Waals surface area contributed by atoms with Gasteiger partial charge in [-0.25, -0.2) is 73.5 Å². The standard InChI is InChI=1S/C104H120F8N16O16/c1-9-137-97(129)49-25-17-33-57(41-49)113-81-69-71(83(115-59-35-19-27-51(43-59)99(131)139-11-3)87(119-63-39-23-31-55(47-63)103(135)143-15-7)85(81)117-61-37-21-29-53(45-61)101(133)141-13-5)95-126-93(69)124-91-67-65(73(105)77(109)79(111)75(67)107)89(122-91)121-90-66-68(76(108)80(112)78(110)74(66)106)92(123-90)125-94-70-72(96(127-94)128-95)84(116-60-36-20-28-52(44-60)100(132)140-12-4)88(120-64-40-24-32-56(48-64)104(136)144-16-8)86(118-62-38-22-30-54(46-62)102(134)142-14-6)82(70)114-58-34-18-26-50(42-58)98(130)138-10-2/h17-48,65-96,113-128H,9-16H2,1-8H3. The second kappa shape index (κ2) is 45.1. The SMILES string of the molecule is CCOC(=O)c1cccc(NC2C(Nc3cccc(C(=O)OCC)c3)C(Nc3cccc(C(=O)OCC)c3)C3C4NC(NC5NC(NC6NC(NC7NC(N4)C4C(Nc8cccc(C(=O)OCC)c8)C(Nc8cccc(C(=O)OCC)c8)C(Nc8cccc(C(=O)OCC)c8)C(Nc8cccc(C(=O)OCC)c8)C74)C4C(F)C(F)C(F)C(F)C64)C4C(F)C(F)C(F)C(F)C54)C3C2Nc2cccc(C(=O)OCC)c2)c1. The zero-order valence-electron chi connectivity index (χ0n) is 80.2. The summed E-state index contributed by atoms with van der Waals surface area (Å²) in [6.07, 6.45) is -36.6. The number of carbonyl (C=O) groups is 8. The number of fused-ring (bicyclic) bond motifs is 20. The maximum Gasteiger partial charge on any atom is 0.338 e. The zero-order valence-corrected chi connectivity index (χ0v) is 80.2. The van der Waals surface area contributed by atoms with E-state index >= 15 is 35.1 Å². The summed E-state index contributed by atoms with van der Waals surface area (Å²) in [6.45, 7) is 13.0. The van der Waals surface area contributed by atoms with Crippen LogP contribution in [0.2, 0.25) is 0 Å². The first-order chi connectivity index (χ1) is 69.6. The van der Waals surface area contributed by atoms with E-state index in [0.717, 1.165) is 0 Å². The molecule has 16 N–H and O–H groups in total. The van der Waals surface area contributed by atoms with Crippen LogP contribution in [0.3, 0.4) is 0 Å². The number of benzene rings is 8. The number of hydrogen-bond donors (Lipinski definition) is 16. The first kappa shape index (κ1) is 102. The molecule has 5 heterocycles. The average Bonchev–Trinajstić information content (AvgIpc) is 1.54. The Labute approximate surface area is 827 Å². The molecule has 0 radical (unpaired) electrons. The van der Waals surface area contributed by atoms with Gasteiger partial charge in [-0.3, -0.25) is 42.5 Å². The summed E-state index contributed by atoms with van der Waals surface area (Å²) in [6, 6.07) is 41.8. The van der Waals surface area contributed by atoms with E-state index < -0.39 is 242 Å². The molecule has 8 bridgehead atoms. The van der Waals surface area contributed by atoms with Gasteiger partial charge in [0.15, 0.2) is 24.7 Å². The summed E-state index contributed by atoms with van der Waals surface area (Å²) in [5.74, 6) is -18.2. The monoisotopic (exact) mass is 2000 g/mol. The Morgan fingerprint density at radius 1 is 0.194 bits per heavy atom. The van der Waals surface area contributed by atoms with E-state index in [1.54, 1.807) is 250 Å². The maximum absolute atomic E-state index is 18.3. The van der Waals surface area contributed by atoms with Crippen molar-refractivity contribution in [3.8, 4) is 0 Å². The van der Waals surface area contributed by atoms with E-state index in [1.807, 2.05) is 0 Å². The number of carbonyl (C=O) groups excluding carboxylic acids is 8. The third-order valence-electron chi connectivity index (χ3n) is 28.7. The van der Waals surface area contributed by atoms with Crippen LogP contribution >= 0.6 is 0 Å². The molecule has 40 heteroatoms. The number of hydrogen-bond acceptors (Lipinski definition) is 32. The summed E-state index contributed by atoms with van der Waals surface area (Å²) in [7, 11) is 0. The minimum Gasteiger partial charge on any atom is -0.462 e. The molecule has 4 aliphatic carbocycles. The normalized spacial score (nSPS) is 32.1. The molecule has 0 aromatic heterocycles. The predicted octanol–water partition coefficient (Wildman–Crippen LogP) is 12.3. The third kappa shape index (κ3) is 21.3. The summed E-state index contributed by atoms with van der Waals surface area (Å²) >= 11 is 0. The van der Waals surface area contributed by atoms with Crippen molar-refractivity contribution < 1.29 is 111 Å². The largest absolute Gasteiger partial charge is 0.462 e. The highest BCUT2D eigenvalue weighted by Crippen LogP contribution is 2.53. The van der Waals surface area contributed by atoms with Gasteiger partial charge in [-0.1, -0.05) is 48.5 Å². The van der Waals surface area contributed by atoms with E-state index in [0.29, 0.717) is 11.4 Å². The summed E-state index contributed by atoms with van der Waals surface area (Å²) in [5.41, 5.74) is 2.97. The van der Waals surface area contributed by atoms with Crippen LogP contribution in [-0.2, 0) is 37.9 Å². The number of rotatable bonds is 32. The molecule has 0 spiro atoms. The Kier molecular flexibility index (Phi) is 32.1. The molecule has 768 valence electrons. The fourth-order valence-corrected chi connectivity index (χ4v) is 22.9. The molecule has 32 nitrogen and oxygen atoms in total. The van der Waals surface area contributed by atoms with Gasteiger partial charge in [0, 0.05) is 92.8 Å². The highest BCUT2D eigenvalue weighted by atomic mass is 19.2. The lowest BCUT2D eigenvalue weighted by Gasteiger charge is -2.54. The molecule has 5 saturated heterocycles. The topological polar surface area (TPSA) is 403 Å². The Morgan fingerprint density at radius 3 is 0.451 bits per heavy atom. The van der Waals surface area contributed by atoms with Crippen LogP contribution in [0.25, 0.3) is 0 Å². The molecular weight excluding hydrogens is 1880 g/mol. The fraction of sp³-hybridized carbons (Fsp3) is 0.462. The summed E-state index contributed by atoms with van der Waals surface area (Å²) < 4.78 is 186. The van der Waals surface area contributed by atoms with Crippen molar-refractivity contribution in [1.29, 1.82) is 0 Å². The second-order valence-corrected chi connectivity index (χ2v) is 37.1. The number of alkyl halides is 8. The third-order valence-corrected chi connectivity index (χ3v) is 28.7. The van der Waals surface area contributed by atoms with Crippen molar-refractivity contribution in [2.75, 3.05) is 95.4 Å². The molecule has 32 unspecified atom stereocenters. The van der Waals surface area contributed by atoms with Crippen molar-refractivity contribution in [1.82, 2.24) is 42.5 Å². The highest BCUT2D eigenvalue weighted by molar-refractivity contribution is 5.95. The van der Waals surface area contributed by atoms with Gasteiger partial charge < -0.3 is 80.4 Å². The molecule has 8 aromatic rings. The lowest BCUT2D eigenvalue weighted by atomic mass is 9.65. The molecule has 9 fully saturated rings. The molecule has 17 rings (SSSR count). The van der Waals surface area contributed by atoms with E-state index in [1.165, 1.54) is 0 Å². The molecule has 0 amide bonds. The van der Waals surface area contributed by atoms with Crippen LogP contribution in [0.15, 0.2) is 194 Å². The number of anilines is 8. The Hall–Kier alpha value is -13.0. The van der Waals surface area contributed by atoms with Crippen molar-refractivity contribution in [3.63, 3.8) is 0 Å². The van der Waals surface area contributed by atoms with Crippen LogP contribution in [-0.4, -0.2) is 248 Å². The number of halogens is 8. The molecule has 9 aliphatic rings. The molecule has 144 heavy (non-hydrogen) atoms. The first-order valence-electron chi connectivity index (χ1n) is 49.1. The van der Waals surface area contributed by atoms with Crippen LogP contribution in [0, 0.1) is 47.3 Å². The second-order valence-electron chi connectivity index (χ2n) is 37.1. The van der Waals surface area contributed by atoms with E-state index in [9.17, 15) is 38.4 Å². The quantitative estimate of drug-likeness (QED) is 0.0106. The van der Waals surface area contributed by atoms with Crippen molar-refractivity contribution in [2.24, 2.45) is 47.3 Å². The lowest BCUT2D eigenvalue weighted by molar-refractivity contribution is -0.0871. The molecule has 4 saturated carbocycles. The van der Waals surface area contributed by atoms with Gasteiger partial charge in [-0.15, -0.1) is 0 Å². The van der Waals surface area contributed by atoms with Gasteiger partial charge in [0.1, 0.15) is 24.7 Å². The van der Waals surface area contributed by atoms with Gasteiger partial charge in [-0.2, -0.15) is 0 Å². The summed E-state index contributed by atoms with van der Waals surface area (Å²) in [5, 5.41) is 59.7. The molecular formula is C104H120F8N16O16. The van der Waals surface area contributed by atoms with Gasteiger partial charge in [0.25, 0.3) is 0 Å². The number of nitrogens with one attached hydrogen (secondary N) is 16. The van der Waals surface area contributed by atoms with Gasteiger partial charge in [0.05, 0.1) is 195 Å². The van der Waals surface area contributed by atoms with Crippen molar-refractivity contribution >= 4 is 93.3 Å². The van der Waals surface area contributed by atoms with Crippen molar-refractivity contribution in [2.45, 2.75) is 202 Å². The maximum atomic E-state index is 18.3. The number of ether oxygens (including phenoxy) is 8. The van der Waals surface area contributed by atoms with Gasteiger partial charge in [-0.05, 0) is 201 Å².